The van der Waals surface area contributed by atoms with Crippen molar-refractivity contribution in [1.82, 2.24) is 9.78 Å². The van der Waals surface area contributed by atoms with Crippen LogP contribution in [0.15, 0.2) is 27.1 Å². The summed E-state index contributed by atoms with van der Waals surface area (Å²) in [4.78, 5) is 12.4. The highest BCUT2D eigenvalue weighted by molar-refractivity contribution is 9.11. The van der Waals surface area contributed by atoms with E-state index in [0.717, 1.165) is 26.9 Å². The molecule has 0 aliphatic rings. The Bertz CT molecular complexity index is 665. The van der Waals surface area contributed by atoms with E-state index >= 15 is 0 Å². The van der Waals surface area contributed by atoms with Gasteiger partial charge in [0, 0.05) is 22.3 Å². The number of ketones is 1. The number of nitrogens with two attached hydrogens (primary N) is 1. The van der Waals surface area contributed by atoms with Crippen molar-refractivity contribution in [3.05, 3.63) is 44.1 Å². The van der Waals surface area contributed by atoms with Crippen molar-refractivity contribution >= 4 is 43.3 Å². The summed E-state index contributed by atoms with van der Waals surface area (Å²) in [6.07, 6.45) is 0.311. The van der Waals surface area contributed by atoms with Crippen LogP contribution in [0, 0.1) is 6.92 Å². The number of aromatic nitrogens is 2. The van der Waals surface area contributed by atoms with Crippen molar-refractivity contribution in [1.29, 1.82) is 0 Å². The van der Waals surface area contributed by atoms with Crippen LogP contribution >= 0.6 is 31.9 Å². The molecule has 20 heavy (non-hydrogen) atoms. The largest absolute Gasteiger partial charge is 0.398 e. The highest BCUT2D eigenvalue weighted by Gasteiger charge is 2.17. The zero-order chi connectivity index (χ0) is 14.9. The normalized spacial score (nSPS) is 10.8. The lowest BCUT2D eigenvalue weighted by Gasteiger charge is -2.06. The first-order valence-electron chi connectivity index (χ1n) is 6.24. The minimum Gasteiger partial charge on any atom is -0.398 e. The molecule has 1 aromatic heterocycles. The number of carbonyl (C=O) groups excluding carboxylic acids is 1. The minimum atomic E-state index is 0.0426. The van der Waals surface area contributed by atoms with Gasteiger partial charge in [-0.15, -0.1) is 0 Å². The smallest absolute Gasteiger partial charge is 0.168 e. The zero-order valence-corrected chi connectivity index (χ0v) is 14.5. The molecule has 2 aromatic rings. The molecule has 4 nitrogen and oxygen atoms in total. The lowest BCUT2D eigenvalue weighted by atomic mass is 10.1. The van der Waals surface area contributed by atoms with Crippen molar-refractivity contribution < 1.29 is 4.79 Å². The van der Waals surface area contributed by atoms with Crippen LogP contribution in [-0.2, 0) is 13.0 Å². The molecule has 0 radical (unpaired) electrons. The molecule has 0 saturated heterocycles. The number of anilines is 1. The molecule has 0 amide bonds. The minimum absolute atomic E-state index is 0.0426. The fourth-order valence-electron chi connectivity index (χ4n) is 1.99. The van der Waals surface area contributed by atoms with Crippen molar-refractivity contribution in [2.45, 2.75) is 26.8 Å². The number of Topliss-reactive ketones (excluding diaryl/α,β-unsaturated/α-hetero) is 1. The number of nitrogens with zero attached hydrogens (tertiary/aromatic N) is 2. The molecule has 106 valence electrons. The lowest BCUT2D eigenvalue weighted by Crippen LogP contribution is -2.10. The molecule has 0 fully saturated rings. The monoisotopic (exact) mass is 399 g/mol. The van der Waals surface area contributed by atoms with Gasteiger partial charge in [0.15, 0.2) is 5.78 Å². The van der Waals surface area contributed by atoms with Gasteiger partial charge in [-0.3, -0.25) is 9.48 Å². The average molecular weight is 401 g/mol. The number of nitrogen functional groups attached to an aromatic ring is 1. The van der Waals surface area contributed by atoms with Crippen LogP contribution in [0.5, 0.6) is 0 Å². The van der Waals surface area contributed by atoms with E-state index < -0.39 is 0 Å². The summed E-state index contributed by atoms with van der Waals surface area (Å²) in [5.74, 6) is 0.0426. The highest BCUT2D eigenvalue weighted by atomic mass is 79.9. The second-order valence-corrected chi connectivity index (χ2v) is 6.15. The van der Waals surface area contributed by atoms with E-state index in [1.54, 1.807) is 18.2 Å². The Hall–Kier alpha value is -1.14. The Morgan fingerprint density at radius 1 is 1.40 bits per heavy atom. The summed E-state index contributed by atoms with van der Waals surface area (Å²) >= 11 is 6.85. The SMILES string of the molecule is CCn1nc(C)c(Br)c1CC(=O)c1ccc(N)c(Br)c1. The number of rotatable bonds is 4. The van der Waals surface area contributed by atoms with Gasteiger partial charge in [0.05, 0.1) is 22.3 Å². The second-order valence-electron chi connectivity index (χ2n) is 4.50. The molecule has 0 aliphatic carbocycles. The Balaban J connectivity index is 2.30. The van der Waals surface area contributed by atoms with Gasteiger partial charge in [-0.25, -0.2) is 0 Å². The van der Waals surface area contributed by atoms with E-state index in [2.05, 4.69) is 37.0 Å². The topological polar surface area (TPSA) is 60.9 Å². The molecule has 1 heterocycles. The Morgan fingerprint density at radius 3 is 2.70 bits per heavy atom. The van der Waals surface area contributed by atoms with Gasteiger partial charge in [-0.1, -0.05) is 0 Å². The third-order valence-electron chi connectivity index (χ3n) is 3.10. The summed E-state index contributed by atoms with van der Waals surface area (Å²) in [7, 11) is 0. The van der Waals surface area contributed by atoms with Crippen molar-refractivity contribution in [2.24, 2.45) is 0 Å². The first-order valence-corrected chi connectivity index (χ1v) is 7.82. The molecular formula is C14H15Br2N3O. The molecule has 0 aliphatic heterocycles. The van der Waals surface area contributed by atoms with Gasteiger partial charge >= 0.3 is 0 Å². The Kier molecular flexibility index (Phi) is 4.65. The number of hydrogen-bond donors (Lipinski definition) is 1. The van der Waals surface area contributed by atoms with Crippen LogP contribution in [0.2, 0.25) is 0 Å². The quantitative estimate of drug-likeness (QED) is 0.628. The molecule has 2 rings (SSSR count). The highest BCUT2D eigenvalue weighted by Crippen LogP contribution is 2.24. The number of hydrogen-bond acceptors (Lipinski definition) is 3. The zero-order valence-electron chi connectivity index (χ0n) is 11.3. The lowest BCUT2D eigenvalue weighted by molar-refractivity contribution is 0.0990. The third kappa shape index (κ3) is 2.96. The van der Waals surface area contributed by atoms with E-state index in [9.17, 15) is 4.79 Å². The maximum absolute atomic E-state index is 12.4. The summed E-state index contributed by atoms with van der Waals surface area (Å²) in [5.41, 5.74) is 8.80. The molecule has 6 heteroatoms. The maximum Gasteiger partial charge on any atom is 0.168 e. The summed E-state index contributed by atoms with van der Waals surface area (Å²) in [6.45, 7) is 4.66. The maximum atomic E-state index is 12.4. The molecule has 0 spiro atoms. The summed E-state index contributed by atoms with van der Waals surface area (Å²) < 4.78 is 3.49. The van der Waals surface area contributed by atoms with Gasteiger partial charge < -0.3 is 5.73 Å². The summed E-state index contributed by atoms with van der Waals surface area (Å²) in [6, 6.07) is 5.23. The van der Waals surface area contributed by atoms with Gasteiger partial charge in [-0.2, -0.15) is 5.10 Å². The molecule has 0 saturated carbocycles. The van der Waals surface area contributed by atoms with E-state index in [-0.39, 0.29) is 5.78 Å². The van der Waals surface area contributed by atoms with E-state index in [0.29, 0.717) is 17.7 Å². The van der Waals surface area contributed by atoms with E-state index in [1.165, 1.54) is 0 Å². The molecule has 0 atom stereocenters. The predicted molar refractivity (Wildman–Crippen MR) is 86.9 cm³/mol. The molecule has 0 bridgehead atoms. The fourth-order valence-corrected chi connectivity index (χ4v) is 2.80. The van der Waals surface area contributed by atoms with Gasteiger partial charge in [0.1, 0.15) is 0 Å². The number of benzene rings is 1. The second kappa shape index (κ2) is 6.10. The number of halogens is 2. The Morgan fingerprint density at radius 2 is 2.10 bits per heavy atom. The molecule has 0 unspecified atom stereocenters. The first-order chi connectivity index (χ1) is 9.43. The Labute approximate surface area is 134 Å². The van der Waals surface area contributed by atoms with Crippen LogP contribution in [0.3, 0.4) is 0 Å². The van der Waals surface area contributed by atoms with E-state index in [4.69, 9.17) is 5.73 Å². The molecule has 2 N–H and O–H groups in total. The van der Waals surface area contributed by atoms with Crippen LogP contribution in [0.1, 0.15) is 28.7 Å². The van der Waals surface area contributed by atoms with Crippen LogP contribution in [0.4, 0.5) is 5.69 Å². The van der Waals surface area contributed by atoms with Crippen LogP contribution < -0.4 is 5.73 Å². The first kappa shape index (κ1) is 15.3. The van der Waals surface area contributed by atoms with Gasteiger partial charge in [0.25, 0.3) is 0 Å². The standard InChI is InChI=1S/C14H15Br2N3O/c1-3-19-12(14(16)8(2)18-19)7-13(20)9-4-5-11(17)10(15)6-9/h4-6H,3,7,17H2,1-2H3. The third-order valence-corrected chi connectivity index (χ3v) is 4.82. The summed E-state index contributed by atoms with van der Waals surface area (Å²) in [5, 5.41) is 4.40. The van der Waals surface area contributed by atoms with Gasteiger partial charge in [-0.05, 0) is 63.9 Å². The fraction of sp³-hybridized carbons (Fsp3) is 0.286. The predicted octanol–water partition coefficient (Wildman–Crippen LogP) is 3.74. The van der Waals surface area contributed by atoms with E-state index in [1.807, 2.05) is 18.5 Å². The van der Waals surface area contributed by atoms with Crippen molar-refractivity contribution in [3.63, 3.8) is 0 Å². The molecular weight excluding hydrogens is 386 g/mol. The van der Waals surface area contributed by atoms with Crippen molar-refractivity contribution in [3.8, 4) is 0 Å². The number of aryl methyl sites for hydroxylation is 2. The number of carbonyl (C=O) groups is 1. The van der Waals surface area contributed by atoms with Crippen LogP contribution in [0.25, 0.3) is 0 Å². The average Bonchev–Trinajstić information content (AvgIpc) is 2.69. The van der Waals surface area contributed by atoms with Crippen LogP contribution in [-0.4, -0.2) is 15.6 Å². The van der Waals surface area contributed by atoms with Gasteiger partial charge in [0.2, 0.25) is 0 Å². The van der Waals surface area contributed by atoms with Crippen molar-refractivity contribution in [2.75, 3.05) is 5.73 Å². The molecule has 1 aromatic carbocycles.